The summed E-state index contributed by atoms with van der Waals surface area (Å²) in [5, 5.41) is 18.1. The van der Waals surface area contributed by atoms with Crippen LogP contribution in [0.25, 0.3) is 11.7 Å². The van der Waals surface area contributed by atoms with Crippen LogP contribution in [0.1, 0.15) is 48.3 Å². The van der Waals surface area contributed by atoms with Crippen molar-refractivity contribution in [3.8, 4) is 11.6 Å². The maximum atomic E-state index is 13.5. The zero-order valence-electron chi connectivity index (χ0n) is 20.5. The normalized spacial score (nSPS) is 15.4. The molecule has 10 heteroatoms. The SMILES string of the molecule is Cc1nn2c(O)c(C(=O)NC3CC3)c(=O)n(CC(C)C)c2c1/C=C/C(=O)N1CCOc2ccccc21. The fraction of sp³-hybridized carbons (Fsp3) is 0.385. The second-order valence-corrected chi connectivity index (χ2v) is 9.63. The molecule has 36 heavy (non-hydrogen) atoms. The van der Waals surface area contributed by atoms with Crippen LogP contribution < -0.4 is 20.5 Å². The summed E-state index contributed by atoms with van der Waals surface area (Å²) in [5.41, 5.74) is 1.14. The fourth-order valence-electron chi connectivity index (χ4n) is 4.42. The number of para-hydroxylation sites is 2. The Balaban J connectivity index is 1.58. The Hall–Kier alpha value is -4.08. The number of carbonyl (C=O) groups excluding carboxylic acids is 2. The van der Waals surface area contributed by atoms with Crippen LogP contribution in [0, 0.1) is 12.8 Å². The maximum absolute atomic E-state index is 13.5. The zero-order valence-corrected chi connectivity index (χ0v) is 20.5. The molecular formula is C26H29N5O5. The summed E-state index contributed by atoms with van der Waals surface area (Å²) in [6.07, 6.45) is 4.75. The molecule has 0 bridgehead atoms. The Morgan fingerprint density at radius 3 is 2.75 bits per heavy atom. The van der Waals surface area contributed by atoms with Gasteiger partial charge in [-0.1, -0.05) is 26.0 Å². The van der Waals surface area contributed by atoms with Crippen LogP contribution in [0.4, 0.5) is 5.69 Å². The lowest BCUT2D eigenvalue weighted by Gasteiger charge is -2.28. The number of anilines is 1. The molecule has 2 amide bonds. The van der Waals surface area contributed by atoms with E-state index in [0.29, 0.717) is 48.0 Å². The topological polar surface area (TPSA) is 118 Å². The van der Waals surface area contributed by atoms with Crippen molar-refractivity contribution in [2.75, 3.05) is 18.1 Å². The van der Waals surface area contributed by atoms with Crippen LogP contribution in [0.5, 0.6) is 11.6 Å². The Bertz CT molecular complexity index is 1450. The third-order valence-corrected chi connectivity index (χ3v) is 6.29. The number of hydrogen-bond acceptors (Lipinski definition) is 6. The van der Waals surface area contributed by atoms with Crippen molar-refractivity contribution in [2.45, 2.75) is 46.2 Å². The molecule has 0 radical (unpaired) electrons. The minimum absolute atomic E-state index is 0.0275. The molecular weight excluding hydrogens is 462 g/mol. The number of aromatic nitrogens is 3. The second-order valence-electron chi connectivity index (χ2n) is 9.63. The number of hydrogen-bond donors (Lipinski definition) is 2. The molecule has 0 atom stereocenters. The standard InChI is InChI=1S/C26H29N5O5/c1-15(2)14-30-24-18(10-11-21(32)29-12-13-36-20-7-5-4-6-19(20)29)16(3)28-31(24)26(35)22(25(30)34)23(33)27-17-8-9-17/h4-7,10-11,15,17,35H,8-9,12-14H2,1-3H3,(H,27,33)/b11-10+. The van der Waals surface area contributed by atoms with E-state index in [1.165, 1.54) is 15.2 Å². The van der Waals surface area contributed by atoms with E-state index in [4.69, 9.17) is 4.74 Å². The average Bonchev–Trinajstić information content (AvgIpc) is 3.60. The van der Waals surface area contributed by atoms with Gasteiger partial charge in [0, 0.05) is 24.2 Å². The molecule has 1 aliphatic carbocycles. The highest BCUT2D eigenvalue weighted by atomic mass is 16.5. The van der Waals surface area contributed by atoms with E-state index >= 15 is 0 Å². The van der Waals surface area contributed by atoms with Gasteiger partial charge in [-0.3, -0.25) is 19.0 Å². The number of amides is 2. The van der Waals surface area contributed by atoms with Gasteiger partial charge in [0.05, 0.1) is 17.9 Å². The van der Waals surface area contributed by atoms with Crippen molar-refractivity contribution < 1.29 is 19.4 Å². The van der Waals surface area contributed by atoms with Crippen molar-refractivity contribution in [3.63, 3.8) is 0 Å². The lowest BCUT2D eigenvalue weighted by molar-refractivity contribution is -0.114. The molecule has 2 aliphatic rings. The Kier molecular flexibility index (Phi) is 6.03. The van der Waals surface area contributed by atoms with Crippen LogP contribution in [-0.2, 0) is 11.3 Å². The first-order valence-corrected chi connectivity index (χ1v) is 12.1. The van der Waals surface area contributed by atoms with Crippen LogP contribution in [0.2, 0.25) is 0 Å². The zero-order chi connectivity index (χ0) is 25.6. The lowest BCUT2D eigenvalue weighted by Crippen LogP contribution is -2.36. The summed E-state index contributed by atoms with van der Waals surface area (Å²) in [6.45, 7) is 6.75. The second kappa shape index (κ2) is 9.18. The molecule has 0 saturated heterocycles. The van der Waals surface area contributed by atoms with Crippen LogP contribution in [0.3, 0.4) is 0 Å². The molecule has 2 N–H and O–H groups in total. The molecule has 1 aromatic carbocycles. The van der Waals surface area contributed by atoms with Crippen LogP contribution in [0.15, 0.2) is 35.1 Å². The van der Waals surface area contributed by atoms with Crippen LogP contribution in [-0.4, -0.2) is 50.3 Å². The molecule has 0 spiro atoms. The number of benzene rings is 1. The highest BCUT2D eigenvalue weighted by molar-refractivity contribution is 6.05. The number of rotatable bonds is 6. The highest BCUT2D eigenvalue weighted by Gasteiger charge is 2.30. The van der Waals surface area contributed by atoms with Crippen LogP contribution >= 0.6 is 0 Å². The van der Waals surface area contributed by atoms with Gasteiger partial charge < -0.3 is 20.1 Å². The van der Waals surface area contributed by atoms with Crippen molar-refractivity contribution >= 4 is 29.2 Å². The summed E-state index contributed by atoms with van der Waals surface area (Å²) >= 11 is 0. The van der Waals surface area contributed by atoms with E-state index in [2.05, 4.69) is 10.4 Å². The molecule has 1 saturated carbocycles. The minimum Gasteiger partial charge on any atom is -0.492 e. The summed E-state index contributed by atoms with van der Waals surface area (Å²) in [6, 6.07) is 7.37. The van der Waals surface area contributed by atoms with E-state index in [9.17, 15) is 19.5 Å². The van der Waals surface area contributed by atoms with E-state index in [0.717, 1.165) is 12.8 Å². The largest absolute Gasteiger partial charge is 0.492 e. The van der Waals surface area contributed by atoms with Gasteiger partial charge in [0.15, 0.2) is 5.56 Å². The predicted octanol–water partition coefficient (Wildman–Crippen LogP) is 2.50. The third kappa shape index (κ3) is 4.23. The van der Waals surface area contributed by atoms with Gasteiger partial charge in [0.1, 0.15) is 18.0 Å². The first-order chi connectivity index (χ1) is 17.3. The molecule has 188 valence electrons. The third-order valence-electron chi connectivity index (χ3n) is 6.29. The number of ether oxygens (including phenoxy) is 1. The van der Waals surface area contributed by atoms with Gasteiger partial charge >= 0.3 is 0 Å². The Morgan fingerprint density at radius 2 is 2.03 bits per heavy atom. The minimum atomic E-state index is -0.606. The number of fused-ring (bicyclic) bond motifs is 2. The number of nitrogens with one attached hydrogen (secondary N) is 1. The van der Waals surface area contributed by atoms with Crippen molar-refractivity contribution in [3.05, 3.63) is 57.5 Å². The molecule has 0 unspecified atom stereocenters. The van der Waals surface area contributed by atoms with Crippen molar-refractivity contribution in [1.29, 1.82) is 0 Å². The molecule has 10 nitrogen and oxygen atoms in total. The van der Waals surface area contributed by atoms with Gasteiger partial charge in [-0.15, -0.1) is 0 Å². The fourth-order valence-corrected chi connectivity index (χ4v) is 4.42. The quantitative estimate of drug-likeness (QED) is 0.512. The summed E-state index contributed by atoms with van der Waals surface area (Å²) in [4.78, 5) is 41.0. The number of aryl methyl sites for hydroxylation is 1. The Labute approximate surface area is 207 Å². The monoisotopic (exact) mass is 491 g/mol. The maximum Gasteiger partial charge on any atom is 0.270 e. The molecule has 1 fully saturated rings. The molecule has 5 rings (SSSR count). The summed E-state index contributed by atoms with van der Waals surface area (Å²) < 4.78 is 8.31. The lowest BCUT2D eigenvalue weighted by atomic mass is 10.1. The van der Waals surface area contributed by atoms with Gasteiger partial charge in [-0.2, -0.15) is 9.61 Å². The summed E-state index contributed by atoms with van der Waals surface area (Å²) in [7, 11) is 0. The highest BCUT2D eigenvalue weighted by Crippen LogP contribution is 2.31. The summed E-state index contributed by atoms with van der Waals surface area (Å²) in [5.74, 6) is -0.638. The molecule has 3 heterocycles. The van der Waals surface area contributed by atoms with Gasteiger partial charge in [-0.05, 0) is 43.9 Å². The van der Waals surface area contributed by atoms with Gasteiger partial charge in [0.2, 0.25) is 5.88 Å². The van der Waals surface area contributed by atoms with E-state index in [1.54, 1.807) is 17.9 Å². The predicted molar refractivity (Wildman–Crippen MR) is 135 cm³/mol. The number of aromatic hydroxyl groups is 1. The molecule has 3 aromatic rings. The first-order valence-electron chi connectivity index (χ1n) is 12.1. The average molecular weight is 492 g/mol. The first kappa shape index (κ1) is 23.7. The van der Waals surface area contributed by atoms with Gasteiger partial charge in [-0.25, -0.2) is 0 Å². The number of nitrogens with zero attached hydrogens (tertiary/aromatic N) is 4. The van der Waals surface area contributed by atoms with Crippen molar-refractivity contribution in [1.82, 2.24) is 19.5 Å². The molecule has 2 aromatic heterocycles. The smallest absolute Gasteiger partial charge is 0.270 e. The van der Waals surface area contributed by atoms with E-state index in [-0.39, 0.29) is 23.4 Å². The van der Waals surface area contributed by atoms with Gasteiger partial charge in [0.25, 0.3) is 17.4 Å². The van der Waals surface area contributed by atoms with E-state index < -0.39 is 17.3 Å². The molecule has 1 aliphatic heterocycles. The Morgan fingerprint density at radius 1 is 1.28 bits per heavy atom. The van der Waals surface area contributed by atoms with E-state index in [1.807, 2.05) is 38.1 Å². The number of carbonyl (C=O) groups is 2. The van der Waals surface area contributed by atoms with Crippen molar-refractivity contribution in [2.24, 2.45) is 5.92 Å².